The average Bonchev–Trinajstić information content (AvgIpc) is 2.21. The fraction of sp³-hybridized carbons (Fsp3) is 0.846. The number of carboxylic acids is 1. The van der Waals surface area contributed by atoms with E-state index in [4.69, 9.17) is 15.6 Å². The van der Waals surface area contributed by atoms with Crippen molar-refractivity contribution in [3.8, 4) is 0 Å². The number of hydrogen-bond acceptors (Lipinski definition) is 4. The van der Waals surface area contributed by atoms with E-state index in [2.05, 4.69) is 0 Å². The van der Waals surface area contributed by atoms with Gasteiger partial charge in [0.25, 0.3) is 0 Å². The number of hydrogen-bond donors (Lipinski definition) is 2. The molecule has 0 saturated carbocycles. The van der Waals surface area contributed by atoms with Crippen molar-refractivity contribution in [3.05, 3.63) is 0 Å². The molecule has 1 amide bonds. The molecule has 0 aliphatic rings. The largest absolute Gasteiger partial charge is 0.480 e. The van der Waals surface area contributed by atoms with Gasteiger partial charge in [0, 0.05) is 12.6 Å². The number of amides is 1. The molecule has 0 radical (unpaired) electrons. The Hall–Kier alpha value is -1.30. The van der Waals surface area contributed by atoms with Gasteiger partial charge in [-0.15, -0.1) is 0 Å². The molecule has 0 aliphatic heterocycles. The third-order valence-corrected chi connectivity index (χ3v) is 2.41. The van der Waals surface area contributed by atoms with E-state index in [0.29, 0.717) is 13.0 Å². The van der Waals surface area contributed by atoms with Gasteiger partial charge in [0.2, 0.25) is 0 Å². The molecular weight excluding hydrogens is 248 g/mol. The normalized spacial score (nSPS) is 12.9. The van der Waals surface area contributed by atoms with E-state index in [1.54, 1.807) is 20.8 Å². The summed E-state index contributed by atoms with van der Waals surface area (Å²) in [6, 6.07) is -0.0243. The number of rotatable bonds is 7. The van der Waals surface area contributed by atoms with E-state index in [-0.39, 0.29) is 12.6 Å². The lowest BCUT2D eigenvalue weighted by atomic mass is 10.1. The van der Waals surface area contributed by atoms with Crippen LogP contribution in [0.4, 0.5) is 4.79 Å². The summed E-state index contributed by atoms with van der Waals surface area (Å²) in [6.07, 6.45) is 1.78. The van der Waals surface area contributed by atoms with E-state index in [1.165, 1.54) is 4.90 Å². The zero-order valence-corrected chi connectivity index (χ0v) is 12.3. The highest BCUT2D eigenvalue weighted by molar-refractivity contribution is 5.76. The van der Waals surface area contributed by atoms with Crippen LogP contribution in [0, 0.1) is 0 Å². The van der Waals surface area contributed by atoms with Gasteiger partial charge >= 0.3 is 12.1 Å². The predicted molar refractivity (Wildman–Crippen MR) is 72.9 cm³/mol. The Morgan fingerprint density at radius 2 is 1.89 bits per heavy atom. The predicted octanol–water partition coefficient (Wildman–Crippen LogP) is 1.83. The highest BCUT2D eigenvalue weighted by Crippen LogP contribution is 2.11. The van der Waals surface area contributed by atoms with Gasteiger partial charge in [-0.05, 0) is 33.6 Å². The quantitative estimate of drug-likeness (QED) is 0.738. The lowest BCUT2D eigenvalue weighted by Crippen LogP contribution is -2.41. The van der Waals surface area contributed by atoms with Gasteiger partial charge in [-0.1, -0.05) is 13.3 Å². The fourth-order valence-corrected chi connectivity index (χ4v) is 1.56. The van der Waals surface area contributed by atoms with Gasteiger partial charge in [0.05, 0.1) is 0 Å². The molecule has 0 rings (SSSR count). The van der Waals surface area contributed by atoms with E-state index in [1.807, 2.05) is 6.92 Å². The van der Waals surface area contributed by atoms with Crippen LogP contribution in [0.15, 0.2) is 0 Å². The van der Waals surface area contributed by atoms with Crippen LogP contribution in [-0.4, -0.2) is 46.8 Å². The zero-order chi connectivity index (χ0) is 15.1. The molecule has 6 heteroatoms. The van der Waals surface area contributed by atoms with Crippen LogP contribution in [0.5, 0.6) is 0 Å². The van der Waals surface area contributed by atoms with E-state index in [9.17, 15) is 9.59 Å². The van der Waals surface area contributed by atoms with Crippen molar-refractivity contribution in [2.24, 2.45) is 5.73 Å². The fourth-order valence-electron chi connectivity index (χ4n) is 1.56. The Labute approximate surface area is 114 Å². The Kier molecular flexibility index (Phi) is 7.44. The van der Waals surface area contributed by atoms with Gasteiger partial charge in [-0.2, -0.15) is 0 Å². The second kappa shape index (κ2) is 7.99. The molecule has 19 heavy (non-hydrogen) atoms. The van der Waals surface area contributed by atoms with Crippen LogP contribution in [0.25, 0.3) is 0 Å². The lowest BCUT2D eigenvalue weighted by molar-refractivity contribution is -0.138. The second-order valence-corrected chi connectivity index (χ2v) is 5.63. The number of carbonyl (C=O) groups is 2. The smallest absolute Gasteiger partial charge is 0.410 e. The van der Waals surface area contributed by atoms with Crippen molar-refractivity contribution >= 4 is 12.1 Å². The maximum absolute atomic E-state index is 11.9. The van der Waals surface area contributed by atoms with Gasteiger partial charge in [-0.3, -0.25) is 9.69 Å². The highest BCUT2D eigenvalue weighted by Gasteiger charge is 2.24. The number of carbonyl (C=O) groups excluding carboxylic acids is 1. The lowest BCUT2D eigenvalue weighted by Gasteiger charge is -2.27. The number of carboxylic acid groups (broad SMARTS) is 1. The topological polar surface area (TPSA) is 92.9 Å². The van der Waals surface area contributed by atoms with Crippen molar-refractivity contribution in [2.45, 2.75) is 58.6 Å². The van der Waals surface area contributed by atoms with Crippen LogP contribution >= 0.6 is 0 Å². The minimum atomic E-state index is -1.06. The van der Waals surface area contributed by atoms with Crippen molar-refractivity contribution in [1.82, 2.24) is 4.90 Å². The number of nitrogens with zero attached hydrogens (tertiary/aromatic N) is 1. The van der Waals surface area contributed by atoms with Crippen LogP contribution < -0.4 is 5.73 Å². The second-order valence-electron chi connectivity index (χ2n) is 5.63. The molecular formula is C13H26N2O4. The zero-order valence-electron chi connectivity index (χ0n) is 12.3. The third-order valence-electron chi connectivity index (χ3n) is 2.41. The molecule has 0 spiro atoms. The number of ether oxygens (including phenoxy) is 1. The Morgan fingerprint density at radius 1 is 1.32 bits per heavy atom. The maximum atomic E-state index is 11.9. The van der Waals surface area contributed by atoms with Gasteiger partial charge in [-0.25, -0.2) is 4.79 Å². The molecule has 0 bridgehead atoms. The average molecular weight is 274 g/mol. The molecule has 1 atom stereocenters. The third kappa shape index (κ3) is 9.30. The molecule has 0 aromatic heterocycles. The summed E-state index contributed by atoms with van der Waals surface area (Å²) < 4.78 is 5.18. The summed E-state index contributed by atoms with van der Waals surface area (Å²) in [7, 11) is 0. The highest BCUT2D eigenvalue weighted by atomic mass is 16.6. The van der Waals surface area contributed by atoms with Crippen molar-refractivity contribution in [1.29, 1.82) is 0 Å². The molecule has 6 nitrogen and oxygen atoms in total. The molecule has 0 aliphatic carbocycles. The van der Waals surface area contributed by atoms with Gasteiger partial charge in [0.15, 0.2) is 0 Å². The molecule has 0 fully saturated rings. The van der Waals surface area contributed by atoms with Crippen molar-refractivity contribution in [2.75, 3.05) is 13.1 Å². The monoisotopic (exact) mass is 274 g/mol. The molecule has 3 N–H and O–H groups in total. The summed E-state index contributed by atoms with van der Waals surface area (Å²) >= 11 is 0. The van der Waals surface area contributed by atoms with Gasteiger partial charge in [0.1, 0.15) is 12.1 Å². The Morgan fingerprint density at radius 3 is 2.32 bits per heavy atom. The van der Waals surface area contributed by atoms with Crippen molar-refractivity contribution in [3.63, 3.8) is 0 Å². The maximum Gasteiger partial charge on any atom is 0.410 e. The minimum Gasteiger partial charge on any atom is -0.480 e. The first-order valence-corrected chi connectivity index (χ1v) is 6.61. The van der Waals surface area contributed by atoms with Crippen LogP contribution in [0.3, 0.4) is 0 Å². The summed E-state index contributed by atoms with van der Waals surface area (Å²) in [4.78, 5) is 23.8. The molecule has 1 unspecified atom stereocenters. The first kappa shape index (κ1) is 17.7. The van der Waals surface area contributed by atoms with Gasteiger partial charge < -0.3 is 15.6 Å². The van der Waals surface area contributed by atoms with Crippen molar-refractivity contribution < 1.29 is 19.4 Å². The molecule has 0 heterocycles. The summed E-state index contributed by atoms with van der Waals surface area (Å²) in [5.74, 6) is -1.06. The van der Waals surface area contributed by atoms with E-state index >= 15 is 0 Å². The summed E-state index contributed by atoms with van der Waals surface area (Å²) in [6.45, 7) is 7.19. The minimum absolute atomic E-state index is 0.0243. The summed E-state index contributed by atoms with van der Waals surface area (Å²) in [5, 5.41) is 8.82. The first-order valence-electron chi connectivity index (χ1n) is 6.61. The number of aliphatic carboxylic acids is 1. The number of nitrogens with two attached hydrogens (primary N) is 1. The Bertz CT molecular complexity index is 300. The van der Waals surface area contributed by atoms with Crippen LogP contribution in [-0.2, 0) is 9.53 Å². The van der Waals surface area contributed by atoms with Crippen LogP contribution in [0.2, 0.25) is 0 Å². The molecule has 112 valence electrons. The standard InChI is InChI=1S/C13H26N2O4/c1-5-6-10(14)7-8-15(9-11(16)17)12(18)19-13(2,3)4/h10H,5-9,14H2,1-4H3,(H,16,17). The molecule has 0 saturated heterocycles. The first-order chi connectivity index (χ1) is 8.65. The van der Waals surface area contributed by atoms with Crippen LogP contribution in [0.1, 0.15) is 47.0 Å². The van der Waals surface area contributed by atoms with E-state index in [0.717, 1.165) is 12.8 Å². The van der Waals surface area contributed by atoms with E-state index < -0.39 is 17.7 Å². The molecule has 0 aromatic rings. The molecule has 0 aromatic carbocycles. The Balaban J connectivity index is 4.45. The SMILES string of the molecule is CCCC(N)CCN(CC(=O)O)C(=O)OC(C)(C)C. The summed E-state index contributed by atoms with van der Waals surface area (Å²) in [5.41, 5.74) is 5.22.